The van der Waals surface area contributed by atoms with E-state index in [-0.39, 0.29) is 16.5 Å². The zero-order valence-electron chi connectivity index (χ0n) is 21.7. The second-order valence-corrected chi connectivity index (χ2v) is 11.3. The number of aryl methyl sites for hydroxylation is 1. The number of likely N-dealkylation sites (tertiary alicyclic amines) is 1. The zero-order valence-corrected chi connectivity index (χ0v) is 22.5. The molecule has 5 aromatic rings. The number of halogens is 3. The lowest BCUT2D eigenvalue weighted by molar-refractivity contribution is -0.126. The van der Waals surface area contributed by atoms with Crippen LogP contribution in [0.25, 0.3) is 21.3 Å². The number of benzene rings is 1. The quantitative estimate of drug-likeness (QED) is 0.294. The van der Waals surface area contributed by atoms with Crippen LogP contribution in [-0.4, -0.2) is 59.9 Å². The summed E-state index contributed by atoms with van der Waals surface area (Å²) in [5, 5.41) is 10.8. The van der Waals surface area contributed by atoms with Crippen molar-refractivity contribution in [2.24, 2.45) is 0 Å². The van der Waals surface area contributed by atoms with Crippen molar-refractivity contribution < 1.29 is 13.2 Å². The van der Waals surface area contributed by atoms with Gasteiger partial charge in [-0.2, -0.15) is 18.3 Å². The summed E-state index contributed by atoms with van der Waals surface area (Å²) >= 11 is 1.06. The molecule has 5 heterocycles. The van der Waals surface area contributed by atoms with Crippen LogP contribution in [0.4, 0.5) is 19.0 Å². The first kappa shape index (κ1) is 26.4. The number of rotatable bonds is 7. The van der Waals surface area contributed by atoms with Crippen LogP contribution in [0.1, 0.15) is 34.4 Å². The molecule has 9 nitrogen and oxygen atoms in total. The van der Waals surface area contributed by atoms with Crippen molar-refractivity contribution in [2.45, 2.75) is 51.5 Å². The highest BCUT2D eigenvalue weighted by Gasteiger charge is 2.29. The number of alkyl halides is 3. The fourth-order valence-corrected chi connectivity index (χ4v) is 6.30. The van der Waals surface area contributed by atoms with Gasteiger partial charge in [-0.25, -0.2) is 15.0 Å². The van der Waals surface area contributed by atoms with Crippen molar-refractivity contribution in [1.29, 1.82) is 0 Å². The number of nitrogens with zero attached hydrogens (tertiary/aromatic N) is 6. The average molecular weight is 569 g/mol. The number of fused-ring (bicyclic) bond motifs is 2. The molecule has 1 aromatic carbocycles. The maximum Gasteiger partial charge on any atom is 0.393 e. The fourth-order valence-electron chi connectivity index (χ4n) is 5.27. The van der Waals surface area contributed by atoms with Crippen LogP contribution in [0.15, 0.2) is 47.9 Å². The third kappa shape index (κ3) is 5.56. The second kappa shape index (κ2) is 10.6. The number of hydrogen-bond donors (Lipinski definition) is 2. The van der Waals surface area contributed by atoms with E-state index in [0.717, 1.165) is 71.5 Å². The molecule has 4 aromatic heterocycles. The normalized spacial score (nSPS) is 15.3. The maximum atomic E-state index is 12.9. The monoisotopic (exact) mass is 568 g/mol. The highest BCUT2D eigenvalue weighted by molar-refractivity contribution is 7.18. The predicted molar refractivity (Wildman–Crippen MR) is 148 cm³/mol. The van der Waals surface area contributed by atoms with Crippen molar-refractivity contribution in [3.05, 3.63) is 75.0 Å². The van der Waals surface area contributed by atoms with Gasteiger partial charge in [-0.15, -0.1) is 11.3 Å². The number of nitrogens with one attached hydrogen (secondary N) is 2. The molecule has 2 N–H and O–H groups in total. The van der Waals surface area contributed by atoms with E-state index in [1.807, 2.05) is 13.0 Å². The molecule has 0 saturated carbocycles. The Morgan fingerprint density at radius 3 is 2.70 bits per heavy atom. The molecule has 0 spiro atoms. The summed E-state index contributed by atoms with van der Waals surface area (Å²) in [6.45, 7) is 4.95. The zero-order chi connectivity index (χ0) is 27.9. The maximum absolute atomic E-state index is 12.9. The van der Waals surface area contributed by atoms with Gasteiger partial charge in [0, 0.05) is 42.3 Å². The van der Waals surface area contributed by atoms with Gasteiger partial charge in [0.2, 0.25) is 0 Å². The van der Waals surface area contributed by atoms with Gasteiger partial charge in [0.05, 0.1) is 41.8 Å². The van der Waals surface area contributed by atoms with Crippen molar-refractivity contribution in [3.63, 3.8) is 0 Å². The molecule has 0 unspecified atom stereocenters. The Bertz CT molecular complexity index is 1710. The third-order valence-electron chi connectivity index (χ3n) is 7.36. The summed E-state index contributed by atoms with van der Waals surface area (Å²) in [7, 11) is 0. The Hall–Kier alpha value is -3.84. The van der Waals surface area contributed by atoms with Crippen LogP contribution in [-0.2, 0) is 19.5 Å². The first-order valence-electron chi connectivity index (χ1n) is 13.0. The third-order valence-corrected chi connectivity index (χ3v) is 8.40. The van der Waals surface area contributed by atoms with Crippen molar-refractivity contribution in [2.75, 3.05) is 18.4 Å². The molecule has 13 heteroatoms. The molecule has 0 aliphatic carbocycles. The molecule has 1 fully saturated rings. The summed E-state index contributed by atoms with van der Waals surface area (Å²) in [4.78, 5) is 28.7. The van der Waals surface area contributed by atoms with E-state index in [2.05, 4.69) is 41.4 Å². The van der Waals surface area contributed by atoms with Gasteiger partial charge in [-0.05, 0) is 43.0 Å². The first-order valence-corrected chi connectivity index (χ1v) is 13.8. The Labute approximate surface area is 231 Å². The molecule has 1 saturated heterocycles. The molecule has 0 radical (unpaired) electrons. The fraction of sp³-hybridized carbons (Fsp3) is 0.370. The number of aromatic amines is 1. The number of thiophene rings is 1. The summed E-state index contributed by atoms with van der Waals surface area (Å²) < 4.78 is 40.3. The van der Waals surface area contributed by atoms with Gasteiger partial charge < -0.3 is 9.88 Å². The van der Waals surface area contributed by atoms with Gasteiger partial charge in [-0.3, -0.25) is 14.8 Å². The molecule has 0 amide bonds. The topological polar surface area (TPSA) is 105 Å². The van der Waals surface area contributed by atoms with E-state index in [9.17, 15) is 18.0 Å². The molecule has 40 heavy (non-hydrogen) atoms. The van der Waals surface area contributed by atoms with Gasteiger partial charge in [0.25, 0.3) is 5.56 Å². The van der Waals surface area contributed by atoms with Gasteiger partial charge >= 0.3 is 6.18 Å². The summed E-state index contributed by atoms with van der Waals surface area (Å²) in [5.41, 5.74) is 4.57. The smallest absolute Gasteiger partial charge is 0.367 e. The number of hydrogen-bond acceptors (Lipinski definition) is 8. The van der Waals surface area contributed by atoms with Crippen LogP contribution >= 0.6 is 11.3 Å². The number of aromatic nitrogens is 6. The standard InChI is InChI=1S/C27H27F3N8OS/c1-16-18(2-3-22-24(16)31-12-23(39)38(22)13-17-10-34-35-11-17)14-37-6-4-19(5-7-37)36-25-21-8-20(9-27(28,29)30)40-26(21)33-15-32-25/h2-3,8,10-12,15,19H,4-7,9,13-14H2,1H3,(H,34,35)(H,32,33,36). The summed E-state index contributed by atoms with van der Waals surface area (Å²) in [6, 6.07) is 5.75. The van der Waals surface area contributed by atoms with Crippen LogP contribution in [0.5, 0.6) is 0 Å². The minimum absolute atomic E-state index is 0.157. The molecule has 1 aliphatic rings. The molecule has 1 aliphatic heterocycles. The lowest BCUT2D eigenvalue weighted by Crippen LogP contribution is -2.39. The average Bonchev–Trinajstić information content (AvgIpc) is 3.57. The highest BCUT2D eigenvalue weighted by Crippen LogP contribution is 2.33. The molecule has 6 rings (SSSR count). The van der Waals surface area contributed by atoms with E-state index in [1.54, 1.807) is 23.0 Å². The van der Waals surface area contributed by atoms with Gasteiger partial charge in [0.15, 0.2) is 0 Å². The highest BCUT2D eigenvalue weighted by atomic mass is 32.1. The Morgan fingerprint density at radius 2 is 1.95 bits per heavy atom. The van der Waals surface area contributed by atoms with Crippen molar-refractivity contribution >= 4 is 38.4 Å². The Balaban J connectivity index is 1.12. The molecule has 208 valence electrons. The Kier molecular flexibility index (Phi) is 7.00. The molecular formula is C27H27F3N8OS. The minimum atomic E-state index is -4.26. The van der Waals surface area contributed by atoms with Crippen LogP contribution in [0.3, 0.4) is 0 Å². The molecule has 0 bridgehead atoms. The number of H-pyrrole nitrogens is 1. The molecule has 0 atom stereocenters. The Morgan fingerprint density at radius 1 is 1.12 bits per heavy atom. The number of anilines is 1. The van der Waals surface area contributed by atoms with Crippen LogP contribution < -0.4 is 10.9 Å². The SMILES string of the molecule is Cc1c(CN2CCC(Nc3ncnc4sc(CC(F)(F)F)cc34)CC2)ccc2c1ncc(=O)n2Cc1cn[nH]c1. The lowest BCUT2D eigenvalue weighted by Gasteiger charge is -2.33. The molecular weight excluding hydrogens is 541 g/mol. The van der Waals surface area contributed by atoms with Crippen molar-refractivity contribution in [3.8, 4) is 0 Å². The van der Waals surface area contributed by atoms with E-state index >= 15 is 0 Å². The van der Waals surface area contributed by atoms with E-state index < -0.39 is 12.6 Å². The first-order chi connectivity index (χ1) is 19.2. The van der Waals surface area contributed by atoms with E-state index in [1.165, 1.54) is 12.5 Å². The largest absolute Gasteiger partial charge is 0.393 e. The van der Waals surface area contributed by atoms with Gasteiger partial charge in [-0.1, -0.05) is 6.07 Å². The van der Waals surface area contributed by atoms with Crippen LogP contribution in [0, 0.1) is 6.92 Å². The summed E-state index contributed by atoms with van der Waals surface area (Å²) in [6.07, 6.45) is 2.79. The van der Waals surface area contributed by atoms with Crippen molar-refractivity contribution in [1.82, 2.24) is 34.6 Å². The predicted octanol–water partition coefficient (Wildman–Crippen LogP) is 4.66. The van der Waals surface area contributed by atoms with E-state index in [0.29, 0.717) is 22.6 Å². The van der Waals surface area contributed by atoms with E-state index in [4.69, 9.17) is 0 Å². The van der Waals surface area contributed by atoms with Crippen LogP contribution in [0.2, 0.25) is 0 Å². The second-order valence-electron chi connectivity index (χ2n) is 10.1. The number of piperidine rings is 1. The van der Waals surface area contributed by atoms with Gasteiger partial charge in [0.1, 0.15) is 17.0 Å². The minimum Gasteiger partial charge on any atom is -0.367 e. The summed E-state index contributed by atoms with van der Waals surface area (Å²) in [5.74, 6) is 0.589. The lowest BCUT2D eigenvalue weighted by atomic mass is 10.0.